The summed E-state index contributed by atoms with van der Waals surface area (Å²) in [6.07, 6.45) is 0. The molecule has 0 saturated heterocycles. The molecule has 0 saturated carbocycles. The monoisotopic (exact) mass is 339 g/mol. The molecule has 0 bridgehead atoms. The molecule has 2 nitrogen and oxygen atoms in total. The van der Waals surface area contributed by atoms with E-state index in [4.69, 9.17) is 0 Å². The van der Waals surface area contributed by atoms with Crippen molar-refractivity contribution in [1.82, 2.24) is 4.90 Å². The van der Waals surface area contributed by atoms with Gasteiger partial charge in [-0.15, -0.1) is 0 Å². The lowest BCUT2D eigenvalue weighted by Crippen LogP contribution is -2.15. The van der Waals surface area contributed by atoms with Gasteiger partial charge in [0.15, 0.2) is 0 Å². The average Bonchev–Trinajstić information content (AvgIpc) is 2.20. The van der Waals surface area contributed by atoms with Crippen LogP contribution in [0.15, 0.2) is 30.3 Å². The van der Waals surface area contributed by atoms with Crippen LogP contribution in [0.2, 0.25) is 0 Å². The van der Waals surface area contributed by atoms with Crippen molar-refractivity contribution in [2.45, 2.75) is 6.54 Å². The lowest BCUT2D eigenvalue weighted by Gasteiger charge is -2.13. The molecule has 0 aliphatic heterocycles. The van der Waals surface area contributed by atoms with Gasteiger partial charge in [-0.1, -0.05) is 39.3 Å². The number of nitrogens with zero attached hydrogens (tertiary/aromatic N) is 1. The topological polar surface area (TPSA) is 12.5 Å². The van der Waals surface area contributed by atoms with Crippen molar-refractivity contribution >= 4 is 30.1 Å². The molecule has 4 heteroatoms. The minimum absolute atomic E-state index is 1.04. The third kappa shape index (κ3) is 9.17. The molecule has 0 N–H and O–H groups in total. The van der Waals surface area contributed by atoms with E-state index in [1.54, 1.807) is 14.2 Å². The number of hydrogen-bond donors (Lipinski definition) is 0. The summed E-state index contributed by atoms with van der Waals surface area (Å²) in [5, 5.41) is 0. The highest BCUT2D eigenvalue weighted by Crippen LogP contribution is 2.13. The molecule has 0 unspecified atom stereocenters. The van der Waals surface area contributed by atoms with Gasteiger partial charge in [0.25, 0.3) is 0 Å². The van der Waals surface area contributed by atoms with Crippen molar-refractivity contribution in [3.8, 4) is 0 Å². The van der Waals surface area contributed by atoms with Crippen LogP contribution in [-0.4, -0.2) is 32.0 Å². The molecule has 0 spiro atoms. The Kier molecular flexibility index (Phi) is 10.9. The van der Waals surface area contributed by atoms with Crippen molar-refractivity contribution in [2.75, 3.05) is 27.1 Å². The van der Waals surface area contributed by atoms with Gasteiger partial charge in [-0.2, -0.15) is 0 Å². The van der Waals surface area contributed by atoms with Gasteiger partial charge in [-0.05, 0) is 33.8 Å². The quantitative estimate of drug-likeness (QED) is 0.616. The fraction of sp³-hybridized carbons (Fsp3) is 0.455. The second-order valence-electron chi connectivity index (χ2n) is 3.15. The first kappa shape index (κ1) is 15.2. The van der Waals surface area contributed by atoms with Gasteiger partial charge in [-0.3, -0.25) is 4.90 Å². The summed E-state index contributed by atoms with van der Waals surface area (Å²) >= 11 is 2.32. The van der Waals surface area contributed by atoms with Gasteiger partial charge >= 0.3 is 0 Å². The molecule has 15 heavy (non-hydrogen) atoms. The number of rotatable bonds is 4. The lowest BCUT2D eigenvalue weighted by molar-refractivity contribution is 0.277. The molecule has 0 radical (unpaired) electrons. The molecule has 0 fully saturated rings. The maximum Gasteiger partial charge on any atom is 0.0545 e. The number of hydrogen-bond acceptors (Lipinski definition) is 3. The van der Waals surface area contributed by atoms with Crippen LogP contribution >= 0.6 is 30.1 Å². The summed E-state index contributed by atoms with van der Waals surface area (Å²) in [5.74, 6) is 1.08. The first-order valence-electron chi connectivity index (χ1n) is 4.60. The third-order valence-electron chi connectivity index (χ3n) is 1.56. The highest BCUT2D eigenvalue weighted by Gasteiger charge is 1.97. The van der Waals surface area contributed by atoms with Crippen molar-refractivity contribution in [1.29, 1.82) is 0 Å². The maximum absolute atomic E-state index is 4.25. The van der Waals surface area contributed by atoms with Crippen LogP contribution < -0.4 is 0 Å². The number of benzene rings is 1. The average molecular weight is 339 g/mol. The summed E-state index contributed by atoms with van der Waals surface area (Å²) in [5.41, 5.74) is 1.38. The van der Waals surface area contributed by atoms with E-state index in [1.165, 1.54) is 5.56 Å². The van der Waals surface area contributed by atoms with E-state index < -0.39 is 0 Å². The van der Waals surface area contributed by atoms with Gasteiger partial charge < -0.3 is 4.74 Å². The van der Waals surface area contributed by atoms with Gasteiger partial charge in [0.2, 0.25) is 0 Å². The van der Waals surface area contributed by atoms with Crippen LogP contribution in [0.3, 0.4) is 0 Å². The maximum atomic E-state index is 4.25. The zero-order valence-corrected chi connectivity index (χ0v) is 12.4. The molecular weight excluding hydrogens is 321 g/mol. The number of methoxy groups -OCH3 is 1. The Morgan fingerprint density at radius 2 is 1.80 bits per heavy atom. The molecule has 0 aliphatic carbocycles. The predicted molar refractivity (Wildman–Crippen MR) is 77.3 cm³/mol. The van der Waals surface area contributed by atoms with E-state index >= 15 is 0 Å². The Morgan fingerprint density at radius 1 is 1.27 bits per heavy atom. The van der Waals surface area contributed by atoms with Crippen LogP contribution in [0, 0.1) is 0 Å². The first-order valence-corrected chi connectivity index (χ1v) is 8.13. The van der Waals surface area contributed by atoms with Crippen molar-refractivity contribution in [3.05, 3.63) is 35.9 Å². The smallest absolute Gasteiger partial charge is 0.0545 e. The molecule has 0 heterocycles. The van der Waals surface area contributed by atoms with Crippen LogP contribution in [0.1, 0.15) is 5.56 Å². The Bertz CT molecular complexity index is 233. The van der Waals surface area contributed by atoms with Crippen molar-refractivity contribution < 1.29 is 4.74 Å². The second-order valence-corrected chi connectivity index (χ2v) is 5.49. The highest BCUT2D eigenvalue weighted by atomic mass is 127. The Hall–Kier alpha value is 0.220. The fourth-order valence-corrected chi connectivity index (χ4v) is 2.71. The van der Waals surface area contributed by atoms with E-state index in [0.29, 0.717) is 0 Å². The molecule has 1 aromatic rings. The summed E-state index contributed by atoms with van der Waals surface area (Å²) in [6, 6.07) is 10.5. The molecule has 0 aromatic heterocycles. The molecule has 1 rings (SSSR count). The van der Waals surface area contributed by atoms with Gasteiger partial charge in [0.1, 0.15) is 0 Å². The van der Waals surface area contributed by atoms with E-state index in [9.17, 15) is 0 Å². The Labute approximate surface area is 109 Å². The lowest BCUT2D eigenvalue weighted by atomic mass is 10.2. The van der Waals surface area contributed by atoms with Crippen LogP contribution in [0.25, 0.3) is 0 Å². The van der Waals surface area contributed by atoms with E-state index in [1.807, 2.05) is 8.93 Å². The largest absolute Gasteiger partial charge is 0.388 e. The van der Waals surface area contributed by atoms with Crippen LogP contribution in [-0.2, 0) is 11.3 Å². The van der Waals surface area contributed by atoms with E-state index in [2.05, 4.69) is 68.2 Å². The predicted octanol–water partition coefficient (Wildman–Crippen LogP) is 3.42. The summed E-state index contributed by atoms with van der Waals surface area (Å²) in [6.45, 7) is 1.04. The fourth-order valence-electron chi connectivity index (χ4n) is 1.02. The normalized spacial score (nSPS) is 9.67. The summed E-state index contributed by atoms with van der Waals surface area (Å²) < 4.78 is 4.25. The van der Waals surface area contributed by atoms with Crippen molar-refractivity contribution in [3.63, 3.8) is 0 Å². The molecule has 0 atom stereocenters. The first-order chi connectivity index (χ1) is 7.24. The highest BCUT2D eigenvalue weighted by molar-refractivity contribution is 14.2. The molecule has 86 valence electrons. The zero-order chi connectivity index (χ0) is 11.5. The van der Waals surface area contributed by atoms with Crippen LogP contribution in [0.4, 0.5) is 0 Å². The van der Waals surface area contributed by atoms with Crippen molar-refractivity contribution in [2.24, 2.45) is 0 Å². The SMILES string of the molecule is CN(CSI)Cc1ccccc1.COC. The molecule has 0 aliphatic rings. The summed E-state index contributed by atoms with van der Waals surface area (Å²) in [4.78, 5) is 2.30. The van der Waals surface area contributed by atoms with Gasteiger partial charge in [-0.25, -0.2) is 0 Å². The molecule has 0 amide bonds. The third-order valence-corrected chi connectivity index (χ3v) is 2.94. The van der Waals surface area contributed by atoms with E-state index in [-0.39, 0.29) is 0 Å². The van der Waals surface area contributed by atoms with Crippen LogP contribution in [0.5, 0.6) is 0 Å². The number of halogens is 1. The molecule has 1 aromatic carbocycles. The minimum Gasteiger partial charge on any atom is -0.388 e. The zero-order valence-electron chi connectivity index (χ0n) is 9.44. The Balaban J connectivity index is 0.000000583. The van der Waals surface area contributed by atoms with E-state index in [0.717, 1.165) is 12.4 Å². The summed E-state index contributed by atoms with van der Waals surface area (Å²) in [7, 11) is 7.21. The minimum atomic E-state index is 1.04. The van der Waals surface area contributed by atoms with Gasteiger partial charge in [0.05, 0.1) is 5.88 Å². The number of ether oxygens (including phenoxy) is 1. The molecular formula is C11H18INOS. The second kappa shape index (κ2) is 10.7. The standard InChI is InChI=1S/C9H12INS.C2H6O/c1-11(8-12-10)7-9-5-3-2-4-6-9;1-3-2/h2-6H,7-8H2,1H3;1-2H3. The Morgan fingerprint density at radius 3 is 2.27 bits per heavy atom. The van der Waals surface area contributed by atoms with Gasteiger partial charge in [0, 0.05) is 20.8 Å².